The van der Waals surface area contributed by atoms with Crippen LogP contribution in [-0.2, 0) is 32.2 Å². The zero-order chi connectivity index (χ0) is 20.5. The van der Waals surface area contributed by atoms with Crippen molar-refractivity contribution in [2.75, 3.05) is 6.54 Å². The second kappa shape index (κ2) is 8.46. The van der Waals surface area contributed by atoms with Crippen molar-refractivity contribution in [3.8, 4) is 0 Å². The minimum atomic E-state index is -0.0443. The normalized spacial score (nSPS) is 16.2. The van der Waals surface area contributed by atoms with Gasteiger partial charge in [0.2, 0.25) is 0 Å². The summed E-state index contributed by atoms with van der Waals surface area (Å²) in [6.07, 6.45) is 11.2. The van der Waals surface area contributed by atoms with Crippen molar-refractivity contribution in [1.29, 1.82) is 0 Å². The highest BCUT2D eigenvalue weighted by molar-refractivity contribution is 7.11. The molecule has 0 saturated carbocycles. The summed E-state index contributed by atoms with van der Waals surface area (Å²) in [5.74, 6) is 1.03. The number of aromatic nitrogens is 4. The third-order valence-electron chi connectivity index (χ3n) is 6.18. The van der Waals surface area contributed by atoms with Gasteiger partial charge in [0.05, 0.1) is 16.3 Å². The molecule has 0 saturated heterocycles. The Labute approximate surface area is 181 Å². The molecule has 1 amide bonds. The third-order valence-corrected chi connectivity index (χ3v) is 7.40. The first-order valence-corrected chi connectivity index (χ1v) is 12.1. The van der Waals surface area contributed by atoms with Crippen molar-refractivity contribution < 1.29 is 4.79 Å². The molecular weight excluding hydrogens is 394 g/mol. The third kappa shape index (κ3) is 3.87. The van der Waals surface area contributed by atoms with E-state index in [1.165, 1.54) is 41.3 Å². The van der Waals surface area contributed by atoms with Crippen LogP contribution in [0.4, 0.5) is 0 Å². The van der Waals surface area contributed by atoms with Gasteiger partial charge in [-0.25, -0.2) is 15.0 Å². The summed E-state index contributed by atoms with van der Waals surface area (Å²) in [7, 11) is 0. The zero-order valence-electron chi connectivity index (χ0n) is 17.7. The van der Waals surface area contributed by atoms with Crippen LogP contribution in [0.1, 0.15) is 76.0 Å². The number of thiazole rings is 1. The molecule has 2 aliphatic rings. The van der Waals surface area contributed by atoms with Crippen LogP contribution in [0.5, 0.6) is 0 Å². The average Bonchev–Trinajstić information content (AvgIpc) is 3.23. The Bertz CT molecular complexity index is 1060. The molecule has 0 unspecified atom stereocenters. The lowest BCUT2D eigenvalue weighted by Crippen LogP contribution is -2.25. The number of aryl methyl sites for hydroxylation is 6. The van der Waals surface area contributed by atoms with E-state index in [1.54, 1.807) is 0 Å². The predicted octanol–water partition coefficient (Wildman–Crippen LogP) is 4.16. The number of nitrogens with zero attached hydrogens (tertiary/aromatic N) is 4. The number of pyridine rings is 1. The molecule has 0 aromatic carbocycles. The van der Waals surface area contributed by atoms with Crippen LogP contribution in [0.3, 0.4) is 0 Å². The second-order valence-electron chi connectivity index (χ2n) is 8.52. The van der Waals surface area contributed by atoms with Crippen LogP contribution in [-0.4, -0.2) is 32.0 Å². The SMILES string of the molecule is Cc1cc(C(=O)NCCCc2nc3c(s2)CCCC3)c2nc3n(c2n1)CCCCC3. The predicted molar refractivity (Wildman–Crippen MR) is 119 cm³/mol. The lowest BCUT2D eigenvalue weighted by molar-refractivity contribution is 0.0954. The summed E-state index contributed by atoms with van der Waals surface area (Å²) in [6.45, 7) is 3.55. The van der Waals surface area contributed by atoms with Crippen LogP contribution < -0.4 is 5.32 Å². The lowest BCUT2D eigenvalue weighted by Gasteiger charge is -2.08. The van der Waals surface area contributed by atoms with Crippen molar-refractivity contribution in [2.24, 2.45) is 0 Å². The molecule has 6 nitrogen and oxygen atoms in total. The number of fused-ring (bicyclic) bond motifs is 4. The minimum Gasteiger partial charge on any atom is -0.352 e. The first-order chi connectivity index (χ1) is 14.7. The average molecular weight is 424 g/mol. The number of imidazole rings is 1. The lowest BCUT2D eigenvalue weighted by atomic mass is 10.0. The number of hydrogen-bond acceptors (Lipinski definition) is 5. The summed E-state index contributed by atoms with van der Waals surface area (Å²) >= 11 is 1.87. The number of amides is 1. The Morgan fingerprint density at radius 2 is 1.97 bits per heavy atom. The Hall–Kier alpha value is -2.28. The molecule has 7 heteroatoms. The van der Waals surface area contributed by atoms with Crippen LogP contribution in [0.25, 0.3) is 11.2 Å². The molecule has 1 aliphatic carbocycles. The highest BCUT2D eigenvalue weighted by Crippen LogP contribution is 2.27. The fourth-order valence-corrected chi connectivity index (χ4v) is 5.84. The van der Waals surface area contributed by atoms with E-state index in [9.17, 15) is 4.79 Å². The van der Waals surface area contributed by atoms with Crippen molar-refractivity contribution in [1.82, 2.24) is 24.8 Å². The van der Waals surface area contributed by atoms with E-state index in [0.29, 0.717) is 12.1 Å². The monoisotopic (exact) mass is 423 g/mol. The molecule has 158 valence electrons. The van der Waals surface area contributed by atoms with Gasteiger partial charge in [0.25, 0.3) is 5.91 Å². The molecule has 0 radical (unpaired) electrons. The molecule has 1 N–H and O–H groups in total. The van der Waals surface area contributed by atoms with Crippen molar-refractivity contribution in [3.05, 3.63) is 38.7 Å². The standard InChI is InChI=1S/C23H29N5OS/c1-15-14-16(21-22(25-15)28-13-6-2-3-10-19(28)27-21)23(29)24-12-7-11-20-26-17-8-4-5-9-18(17)30-20/h14H,2-13H2,1H3,(H,24,29). The molecule has 0 atom stereocenters. The summed E-state index contributed by atoms with van der Waals surface area (Å²) in [4.78, 5) is 28.8. The molecule has 5 rings (SSSR count). The van der Waals surface area contributed by atoms with E-state index in [4.69, 9.17) is 15.0 Å². The van der Waals surface area contributed by atoms with Gasteiger partial charge in [-0.05, 0) is 57.9 Å². The van der Waals surface area contributed by atoms with Gasteiger partial charge in [-0.3, -0.25) is 4.79 Å². The van der Waals surface area contributed by atoms with Gasteiger partial charge in [-0.15, -0.1) is 11.3 Å². The van der Waals surface area contributed by atoms with Crippen molar-refractivity contribution in [2.45, 2.75) is 77.7 Å². The maximum Gasteiger partial charge on any atom is 0.253 e. The van der Waals surface area contributed by atoms with Crippen molar-refractivity contribution in [3.63, 3.8) is 0 Å². The fraction of sp³-hybridized carbons (Fsp3) is 0.565. The minimum absolute atomic E-state index is 0.0443. The molecule has 1 aliphatic heterocycles. The topological polar surface area (TPSA) is 72.7 Å². The Morgan fingerprint density at radius 1 is 1.10 bits per heavy atom. The second-order valence-corrected chi connectivity index (χ2v) is 9.69. The van der Waals surface area contributed by atoms with Crippen LogP contribution in [0.15, 0.2) is 6.07 Å². The summed E-state index contributed by atoms with van der Waals surface area (Å²) < 4.78 is 2.22. The van der Waals surface area contributed by atoms with Crippen molar-refractivity contribution >= 4 is 28.4 Å². The summed E-state index contributed by atoms with van der Waals surface area (Å²) in [5, 5.41) is 4.32. The number of hydrogen-bond donors (Lipinski definition) is 1. The molecule has 0 bridgehead atoms. The highest BCUT2D eigenvalue weighted by atomic mass is 32.1. The molecule has 3 aromatic heterocycles. The number of rotatable bonds is 5. The largest absolute Gasteiger partial charge is 0.352 e. The van der Waals surface area contributed by atoms with Crippen LogP contribution >= 0.6 is 11.3 Å². The highest BCUT2D eigenvalue weighted by Gasteiger charge is 2.21. The molecule has 0 spiro atoms. The van der Waals surface area contributed by atoms with Gasteiger partial charge >= 0.3 is 0 Å². The maximum absolute atomic E-state index is 13.0. The summed E-state index contributed by atoms with van der Waals surface area (Å²) in [6, 6.07) is 1.87. The van der Waals surface area contributed by atoms with Gasteiger partial charge in [0, 0.05) is 36.5 Å². The fourth-order valence-electron chi connectivity index (χ4n) is 4.64. The van der Waals surface area contributed by atoms with Crippen LogP contribution in [0, 0.1) is 6.92 Å². The smallest absolute Gasteiger partial charge is 0.253 e. The molecule has 4 heterocycles. The molecule has 0 fully saturated rings. The maximum atomic E-state index is 13.0. The van der Waals surface area contributed by atoms with E-state index in [-0.39, 0.29) is 5.91 Å². The van der Waals surface area contributed by atoms with E-state index in [2.05, 4.69) is 9.88 Å². The number of carbonyl (C=O) groups excluding carboxylic acids is 1. The Kier molecular flexibility index (Phi) is 5.54. The van der Waals surface area contributed by atoms with E-state index in [1.807, 2.05) is 24.3 Å². The molecule has 3 aromatic rings. The quantitative estimate of drug-likeness (QED) is 0.625. The first-order valence-electron chi connectivity index (χ1n) is 11.3. The van der Waals surface area contributed by atoms with Gasteiger partial charge < -0.3 is 9.88 Å². The van der Waals surface area contributed by atoms with Gasteiger partial charge in [0.1, 0.15) is 11.3 Å². The summed E-state index contributed by atoms with van der Waals surface area (Å²) in [5.41, 5.74) is 4.46. The number of nitrogens with one attached hydrogen (secondary N) is 1. The number of carbonyl (C=O) groups is 1. The van der Waals surface area contributed by atoms with Gasteiger partial charge in [-0.2, -0.15) is 0 Å². The Morgan fingerprint density at radius 3 is 2.87 bits per heavy atom. The van der Waals surface area contributed by atoms with Gasteiger partial charge in [-0.1, -0.05) is 6.42 Å². The first kappa shape index (κ1) is 19.7. The van der Waals surface area contributed by atoms with Crippen LogP contribution in [0.2, 0.25) is 0 Å². The van der Waals surface area contributed by atoms with E-state index in [0.717, 1.165) is 67.8 Å². The van der Waals surface area contributed by atoms with E-state index < -0.39 is 0 Å². The molecular formula is C23H29N5OS. The zero-order valence-corrected chi connectivity index (χ0v) is 18.5. The van der Waals surface area contributed by atoms with Gasteiger partial charge in [0.15, 0.2) is 5.65 Å². The van der Waals surface area contributed by atoms with E-state index >= 15 is 0 Å². The Balaban J connectivity index is 1.26. The molecule has 30 heavy (non-hydrogen) atoms.